The van der Waals surface area contributed by atoms with Gasteiger partial charge in [-0.3, -0.25) is 9.69 Å². The number of carbonyl (C=O) groups is 1. The number of halogens is 3. The Hall–Kier alpha value is -3.38. The summed E-state index contributed by atoms with van der Waals surface area (Å²) >= 11 is 13.4. The van der Waals surface area contributed by atoms with E-state index in [1.807, 2.05) is 24.0 Å². The fourth-order valence-corrected chi connectivity index (χ4v) is 5.71. The number of hydrogen-bond acceptors (Lipinski definition) is 6. The van der Waals surface area contributed by atoms with Crippen LogP contribution >= 0.6 is 23.2 Å². The Labute approximate surface area is 237 Å². The van der Waals surface area contributed by atoms with E-state index in [9.17, 15) is 14.4 Å². The van der Waals surface area contributed by atoms with E-state index in [2.05, 4.69) is 26.9 Å². The van der Waals surface area contributed by atoms with Crippen LogP contribution in [-0.2, 0) is 6.54 Å². The molecular weight excluding hydrogens is 538 g/mol. The maximum atomic E-state index is 13.4. The average Bonchev–Trinajstić information content (AvgIpc) is 2.96. The minimum Gasteiger partial charge on any atom is -0.368 e. The minimum atomic E-state index is -0.373. The molecule has 0 saturated carbocycles. The lowest BCUT2D eigenvalue weighted by atomic mass is 10.1. The molecule has 2 aromatic carbocycles. The Morgan fingerprint density at radius 3 is 2.36 bits per heavy atom. The second-order valence-electron chi connectivity index (χ2n) is 9.90. The van der Waals surface area contributed by atoms with Crippen molar-refractivity contribution in [3.05, 3.63) is 86.8 Å². The molecule has 0 N–H and O–H groups in total. The molecule has 0 aliphatic carbocycles. The van der Waals surface area contributed by atoms with Crippen LogP contribution < -0.4 is 9.80 Å². The molecule has 3 aromatic rings. The highest BCUT2D eigenvalue weighted by Crippen LogP contribution is 2.32. The average molecular weight is 567 g/mol. The highest BCUT2D eigenvalue weighted by molar-refractivity contribution is 6.38. The van der Waals surface area contributed by atoms with Gasteiger partial charge in [-0.15, -0.1) is 0 Å². The predicted octanol–water partition coefficient (Wildman–Crippen LogP) is 4.99. The van der Waals surface area contributed by atoms with Crippen LogP contribution in [0.2, 0.25) is 10.0 Å². The van der Waals surface area contributed by atoms with Gasteiger partial charge in [0, 0.05) is 69.5 Å². The molecule has 1 aromatic heterocycles. The van der Waals surface area contributed by atoms with Gasteiger partial charge < -0.3 is 14.7 Å². The van der Waals surface area contributed by atoms with Crippen LogP contribution in [0.5, 0.6) is 0 Å². The number of carbonyl (C=O) groups excluding carboxylic acids is 1. The first-order chi connectivity index (χ1) is 18.8. The van der Waals surface area contributed by atoms with Crippen molar-refractivity contribution in [2.75, 3.05) is 62.2 Å². The number of piperazine rings is 2. The molecule has 0 atom stereocenters. The summed E-state index contributed by atoms with van der Waals surface area (Å²) in [6, 6.07) is 14.7. The van der Waals surface area contributed by atoms with E-state index in [0.717, 1.165) is 43.0 Å². The van der Waals surface area contributed by atoms with E-state index < -0.39 is 0 Å². The number of nitrogens with zero attached hydrogens (tertiary/aromatic N) is 6. The van der Waals surface area contributed by atoms with E-state index in [4.69, 9.17) is 23.2 Å². The molecular formula is C29H29Cl2FN6O. The van der Waals surface area contributed by atoms with E-state index in [1.165, 1.54) is 12.3 Å². The van der Waals surface area contributed by atoms with E-state index >= 15 is 0 Å². The van der Waals surface area contributed by atoms with Gasteiger partial charge in [0.15, 0.2) is 0 Å². The number of aryl methyl sites for hydroxylation is 1. The quantitative estimate of drug-likeness (QED) is 0.433. The van der Waals surface area contributed by atoms with Crippen molar-refractivity contribution in [3.63, 3.8) is 0 Å². The van der Waals surface area contributed by atoms with Crippen molar-refractivity contribution >= 4 is 40.6 Å². The lowest BCUT2D eigenvalue weighted by molar-refractivity contribution is 0.0746. The van der Waals surface area contributed by atoms with Crippen molar-refractivity contribution in [2.45, 2.75) is 13.5 Å². The Morgan fingerprint density at radius 2 is 1.69 bits per heavy atom. The summed E-state index contributed by atoms with van der Waals surface area (Å²) in [6.45, 7) is 7.90. The lowest BCUT2D eigenvalue weighted by Crippen LogP contribution is -2.49. The van der Waals surface area contributed by atoms with Crippen molar-refractivity contribution < 1.29 is 9.18 Å². The Kier molecular flexibility index (Phi) is 8.22. The highest BCUT2D eigenvalue weighted by atomic mass is 35.5. The fraction of sp³-hybridized carbons (Fsp3) is 0.345. The zero-order valence-electron chi connectivity index (χ0n) is 21.7. The number of pyridine rings is 1. The van der Waals surface area contributed by atoms with Gasteiger partial charge in [-0.1, -0.05) is 29.3 Å². The van der Waals surface area contributed by atoms with Crippen LogP contribution in [0.1, 0.15) is 27.0 Å². The smallest absolute Gasteiger partial charge is 0.255 e. The number of anilines is 2. The van der Waals surface area contributed by atoms with Crippen LogP contribution in [0.3, 0.4) is 0 Å². The van der Waals surface area contributed by atoms with Gasteiger partial charge in [0.05, 0.1) is 28.0 Å². The summed E-state index contributed by atoms with van der Waals surface area (Å²) in [4.78, 5) is 25.9. The minimum absolute atomic E-state index is 0.127. The first-order valence-corrected chi connectivity index (χ1v) is 13.7. The van der Waals surface area contributed by atoms with Crippen molar-refractivity contribution in [3.8, 4) is 6.07 Å². The monoisotopic (exact) mass is 566 g/mol. The Morgan fingerprint density at radius 1 is 0.974 bits per heavy atom. The maximum Gasteiger partial charge on any atom is 0.255 e. The zero-order chi connectivity index (χ0) is 27.5. The third-order valence-electron chi connectivity index (χ3n) is 7.39. The van der Waals surface area contributed by atoms with E-state index in [1.54, 1.807) is 23.1 Å². The Balaban J connectivity index is 1.23. The summed E-state index contributed by atoms with van der Waals surface area (Å²) in [7, 11) is 0. The van der Waals surface area contributed by atoms with Gasteiger partial charge in [-0.25, -0.2) is 9.37 Å². The topological polar surface area (TPSA) is 66.7 Å². The zero-order valence-corrected chi connectivity index (χ0v) is 23.2. The molecule has 0 unspecified atom stereocenters. The number of benzene rings is 2. The normalized spacial score (nSPS) is 16.3. The molecule has 5 rings (SSSR count). The van der Waals surface area contributed by atoms with Crippen LogP contribution in [0.25, 0.3) is 0 Å². The van der Waals surface area contributed by atoms with Crippen molar-refractivity contribution in [2.24, 2.45) is 0 Å². The number of nitriles is 1. The summed E-state index contributed by atoms with van der Waals surface area (Å²) in [6.07, 6.45) is 1.20. The van der Waals surface area contributed by atoms with Crippen LogP contribution in [0, 0.1) is 24.1 Å². The summed E-state index contributed by atoms with van der Waals surface area (Å²) in [5.41, 5.74) is 3.97. The first kappa shape index (κ1) is 27.2. The molecule has 3 heterocycles. The molecule has 2 saturated heterocycles. The predicted molar refractivity (Wildman–Crippen MR) is 152 cm³/mol. The third kappa shape index (κ3) is 5.96. The van der Waals surface area contributed by atoms with E-state index in [0.29, 0.717) is 59.7 Å². The molecule has 0 radical (unpaired) electrons. The van der Waals surface area contributed by atoms with Gasteiger partial charge in [0.2, 0.25) is 0 Å². The van der Waals surface area contributed by atoms with Crippen LogP contribution in [0.4, 0.5) is 15.9 Å². The lowest BCUT2D eigenvalue weighted by Gasteiger charge is -2.37. The maximum absolute atomic E-state index is 13.4. The fourth-order valence-electron chi connectivity index (χ4n) is 5.14. The van der Waals surface area contributed by atoms with Gasteiger partial charge in [0.25, 0.3) is 5.91 Å². The second kappa shape index (κ2) is 11.8. The molecule has 2 aliphatic heterocycles. The molecule has 10 heteroatoms. The molecule has 0 bridgehead atoms. The number of aromatic nitrogens is 1. The number of hydrogen-bond donors (Lipinski definition) is 0. The highest BCUT2D eigenvalue weighted by Gasteiger charge is 2.27. The molecule has 2 fully saturated rings. The van der Waals surface area contributed by atoms with Gasteiger partial charge >= 0.3 is 0 Å². The van der Waals surface area contributed by atoms with Gasteiger partial charge in [-0.05, 0) is 48.9 Å². The van der Waals surface area contributed by atoms with Crippen LogP contribution in [0.15, 0.2) is 48.7 Å². The summed E-state index contributed by atoms with van der Waals surface area (Å²) in [5.74, 6) is 0.196. The van der Waals surface area contributed by atoms with E-state index in [-0.39, 0.29) is 11.7 Å². The van der Waals surface area contributed by atoms with Crippen molar-refractivity contribution in [1.82, 2.24) is 14.8 Å². The van der Waals surface area contributed by atoms with Crippen molar-refractivity contribution in [1.29, 1.82) is 5.26 Å². The Bertz CT molecular complexity index is 1390. The summed E-state index contributed by atoms with van der Waals surface area (Å²) in [5, 5.41) is 10.5. The first-order valence-electron chi connectivity index (χ1n) is 12.9. The molecule has 7 nitrogen and oxygen atoms in total. The molecule has 0 spiro atoms. The van der Waals surface area contributed by atoms with Gasteiger partial charge in [0.1, 0.15) is 17.7 Å². The number of rotatable bonds is 5. The molecule has 1 amide bonds. The third-order valence-corrected chi connectivity index (χ3v) is 8.17. The SMILES string of the molecule is Cc1ccc(C#N)c(N2CCN(Cc3c(Cl)ccc(C(=O)N4CCN(c5ccc(F)cn5)CC4)c3Cl)CC2)c1. The largest absolute Gasteiger partial charge is 0.368 e. The standard InChI is InChI=1S/C29H29Cl2FN6O/c1-20-2-3-21(17-33)26(16-20)36-10-8-35(9-11-36)19-24-25(30)6-5-23(28(24)31)29(39)38-14-12-37(13-15-38)27-7-4-22(32)18-34-27/h2-7,16,18H,8-15,19H2,1H3. The van der Waals surface area contributed by atoms with Crippen LogP contribution in [-0.4, -0.2) is 73.0 Å². The van der Waals surface area contributed by atoms with Gasteiger partial charge in [-0.2, -0.15) is 5.26 Å². The second-order valence-corrected chi connectivity index (χ2v) is 10.7. The number of amides is 1. The molecule has 2 aliphatic rings. The summed E-state index contributed by atoms with van der Waals surface area (Å²) < 4.78 is 13.2. The molecule has 202 valence electrons. The molecule has 39 heavy (non-hydrogen) atoms.